The maximum Gasteiger partial charge on any atom is 0.335 e. The van der Waals surface area contributed by atoms with Gasteiger partial charge in [0.25, 0.3) is 0 Å². The van der Waals surface area contributed by atoms with Crippen molar-refractivity contribution in [2.24, 2.45) is 0 Å². The van der Waals surface area contributed by atoms with E-state index in [1.165, 1.54) is 16.8 Å². The van der Waals surface area contributed by atoms with Crippen LogP contribution >= 0.6 is 15.9 Å². The van der Waals surface area contributed by atoms with E-state index >= 15 is 0 Å². The van der Waals surface area contributed by atoms with Crippen molar-refractivity contribution in [3.05, 3.63) is 37.2 Å². The van der Waals surface area contributed by atoms with Crippen LogP contribution in [0.1, 0.15) is 19.3 Å². The van der Waals surface area contributed by atoms with Gasteiger partial charge in [-0.1, -0.05) is 0 Å². The smallest absolute Gasteiger partial charge is 0.335 e. The highest BCUT2D eigenvalue weighted by molar-refractivity contribution is 9.10. The molecule has 110 valence electrons. The Balaban J connectivity index is 1.98. The molecular weight excluding hydrogens is 332 g/mol. The predicted octanol–water partition coefficient (Wildman–Crippen LogP) is 2.06. The third-order valence-electron chi connectivity index (χ3n) is 3.00. The van der Waals surface area contributed by atoms with Gasteiger partial charge in [-0.2, -0.15) is 0 Å². The molecule has 0 aromatic carbocycles. The van der Waals surface area contributed by atoms with Crippen LogP contribution in [0.3, 0.4) is 0 Å². The topological polar surface area (TPSA) is 83.6 Å². The number of aromatic nitrogens is 1. The predicted molar refractivity (Wildman–Crippen MR) is 74.6 cm³/mol. The highest BCUT2D eigenvalue weighted by Crippen LogP contribution is 2.15. The van der Waals surface area contributed by atoms with Gasteiger partial charge in [-0.25, -0.2) is 0 Å². The van der Waals surface area contributed by atoms with E-state index < -0.39 is 16.2 Å². The van der Waals surface area contributed by atoms with Crippen LogP contribution in [0.15, 0.2) is 21.5 Å². The molecule has 2 rings (SSSR count). The summed E-state index contributed by atoms with van der Waals surface area (Å²) in [5.41, 5.74) is -1.08. The summed E-state index contributed by atoms with van der Waals surface area (Å²) in [7, 11) is 0. The van der Waals surface area contributed by atoms with E-state index in [1.54, 1.807) is 0 Å². The molecule has 0 N–H and O–H groups in total. The van der Waals surface area contributed by atoms with Crippen LogP contribution in [0.25, 0.3) is 0 Å². The normalized spacial score (nSPS) is 18.9. The zero-order chi connectivity index (χ0) is 14.5. The van der Waals surface area contributed by atoms with Crippen molar-refractivity contribution in [2.75, 3.05) is 13.2 Å². The number of halogens is 1. The standard InChI is InChI=1S/C12H15BrN2O5/c13-9-7-10(15(17)18)12(16)14(8-9)4-6-20-11-3-1-2-5-19-11/h7-8,11H,1-6H2. The van der Waals surface area contributed by atoms with Crippen molar-refractivity contribution in [1.29, 1.82) is 0 Å². The molecule has 1 aromatic heterocycles. The van der Waals surface area contributed by atoms with E-state index in [9.17, 15) is 14.9 Å². The molecule has 8 heteroatoms. The van der Waals surface area contributed by atoms with Crippen LogP contribution in [-0.4, -0.2) is 29.0 Å². The second-order valence-electron chi connectivity index (χ2n) is 4.47. The van der Waals surface area contributed by atoms with Crippen molar-refractivity contribution in [3.8, 4) is 0 Å². The van der Waals surface area contributed by atoms with Gasteiger partial charge < -0.3 is 14.0 Å². The Morgan fingerprint density at radius 1 is 1.55 bits per heavy atom. The number of nitro groups is 1. The third kappa shape index (κ3) is 3.87. The minimum absolute atomic E-state index is 0.235. The van der Waals surface area contributed by atoms with E-state index in [2.05, 4.69) is 15.9 Å². The molecule has 1 atom stereocenters. The minimum Gasteiger partial charge on any atom is -0.353 e. The van der Waals surface area contributed by atoms with Crippen molar-refractivity contribution < 1.29 is 14.4 Å². The van der Waals surface area contributed by atoms with Gasteiger partial charge in [-0.05, 0) is 35.2 Å². The molecule has 1 unspecified atom stereocenters. The van der Waals surface area contributed by atoms with Gasteiger partial charge in [-0.3, -0.25) is 14.9 Å². The van der Waals surface area contributed by atoms with E-state index in [4.69, 9.17) is 9.47 Å². The Bertz CT molecular complexity index is 539. The van der Waals surface area contributed by atoms with Crippen LogP contribution in [0, 0.1) is 10.1 Å². The molecule has 1 saturated heterocycles. The van der Waals surface area contributed by atoms with Crippen molar-refractivity contribution >= 4 is 21.6 Å². The molecule has 1 aromatic rings. The molecule has 2 heterocycles. The number of hydrogen-bond donors (Lipinski definition) is 0. The van der Waals surface area contributed by atoms with Gasteiger partial charge in [0, 0.05) is 29.9 Å². The summed E-state index contributed by atoms with van der Waals surface area (Å²) in [6, 6.07) is 1.20. The number of pyridine rings is 1. The first-order chi connectivity index (χ1) is 9.58. The Morgan fingerprint density at radius 2 is 2.35 bits per heavy atom. The summed E-state index contributed by atoms with van der Waals surface area (Å²) in [5, 5.41) is 10.8. The molecule has 1 aliphatic heterocycles. The van der Waals surface area contributed by atoms with Crippen molar-refractivity contribution in [2.45, 2.75) is 32.1 Å². The van der Waals surface area contributed by atoms with Gasteiger partial charge in [0.2, 0.25) is 0 Å². The van der Waals surface area contributed by atoms with Gasteiger partial charge >= 0.3 is 11.2 Å². The monoisotopic (exact) mass is 346 g/mol. The van der Waals surface area contributed by atoms with Crippen LogP contribution in [0.5, 0.6) is 0 Å². The summed E-state index contributed by atoms with van der Waals surface area (Å²) >= 11 is 3.15. The fraction of sp³-hybridized carbons (Fsp3) is 0.583. The lowest BCUT2D eigenvalue weighted by molar-refractivity contribution is -0.386. The minimum atomic E-state index is -0.686. The Hall–Kier alpha value is -1.25. The lowest BCUT2D eigenvalue weighted by Crippen LogP contribution is -2.27. The van der Waals surface area contributed by atoms with Crippen LogP contribution < -0.4 is 5.56 Å². The molecule has 0 aliphatic carbocycles. The summed E-state index contributed by atoms with van der Waals surface area (Å²) in [5.74, 6) is 0. The van der Waals surface area contributed by atoms with Gasteiger partial charge in [0.05, 0.1) is 11.5 Å². The fourth-order valence-electron chi connectivity index (χ4n) is 2.01. The van der Waals surface area contributed by atoms with Crippen molar-refractivity contribution in [1.82, 2.24) is 4.57 Å². The van der Waals surface area contributed by atoms with Crippen molar-refractivity contribution in [3.63, 3.8) is 0 Å². The Kier molecular flexibility index (Phi) is 5.27. The van der Waals surface area contributed by atoms with Crippen LogP contribution in [0.4, 0.5) is 5.69 Å². The third-order valence-corrected chi connectivity index (χ3v) is 3.44. The molecule has 1 aliphatic rings. The average molecular weight is 347 g/mol. The zero-order valence-corrected chi connectivity index (χ0v) is 12.4. The maximum absolute atomic E-state index is 11.9. The molecule has 20 heavy (non-hydrogen) atoms. The van der Waals surface area contributed by atoms with Gasteiger partial charge in [-0.15, -0.1) is 0 Å². The molecule has 1 fully saturated rings. The lowest BCUT2D eigenvalue weighted by atomic mass is 10.2. The first-order valence-electron chi connectivity index (χ1n) is 6.35. The van der Waals surface area contributed by atoms with E-state index in [0.29, 0.717) is 11.1 Å². The number of hydrogen-bond acceptors (Lipinski definition) is 5. The quantitative estimate of drug-likeness (QED) is 0.601. The highest BCUT2D eigenvalue weighted by Gasteiger charge is 2.17. The van der Waals surface area contributed by atoms with E-state index in [1.807, 2.05) is 0 Å². The van der Waals surface area contributed by atoms with Crippen LogP contribution in [0.2, 0.25) is 0 Å². The first-order valence-corrected chi connectivity index (χ1v) is 7.15. The molecule has 7 nitrogen and oxygen atoms in total. The van der Waals surface area contributed by atoms with E-state index in [-0.39, 0.29) is 19.4 Å². The second-order valence-corrected chi connectivity index (χ2v) is 5.38. The first kappa shape index (κ1) is 15.1. The average Bonchev–Trinajstić information content (AvgIpc) is 2.43. The van der Waals surface area contributed by atoms with Gasteiger partial charge in [0.1, 0.15) is 0 Å². The number of nitrogens with zero attached hydrogens (tertiary/aromatic N) is 2. The SMILES string of the molecule is O=c1c([N+](=O)[O-])cc(Br)cn1CCOC1CCCCO1. The fourth-order valence-corrected chi connectivity index (χ4v) is 2.47. The second kappa shape index (κ2) is 6.96. The Morgan fingerprint density at radius 3 is 3.00 bits per heavy atom. The molecule has 0 radical (unpaired) electrons. The lowest BCUT2D eigenvalue weighted by Gasteiger charge is -2.22. The number of ether oxygens (including phenoxy) is 2. The molecule has 0 bridgehead atoms. The Labute approximate surface area is 123 Å². The summed E-state index contributed by atoms with van der Waals surface area (Å²) in [4.78, 5) is 21.9. The number of rotatable bonds is 5. The van der Waals surface area contributed by atoms with E-state index in [0.717, 1.165) is 19.3 Å². The molecule has 0 spiro atoms. The van der Waals surface area contributed by atoms with Gasteiger partial charge in [0.15, 0.2) is 6.29 Å². The molecular formula is C12H15BrN2O5. The molecule has 0 saturated carbocycles. The van der Waals surface area contributed by atoms with Crippen LogP contribution in [-0.2, 0) is 16.0 Å². The largest absolute Gasteiger partial charge is 0.353 e. The summed E-state index contributed by atoms with van der Waals surface area (Å²) in [6.07, 6.45) is 4.22. The summed E-state index contributed by atoms with van der Waals surface area (Å²) < 4.78 is 12.7. The highest BCUT2D eigenvalue weighted by atomic mass is 79.9. The summed E-state index contributed by atoms with van der Waals surface area (Å²) in [6.45, 7) is 1.21. The zero-order valence-electron chi connectivity index (χ0n) is 10.8. The maximum atomic E-state index is 11.9. The molecule has 0 amide bonds.